The predicted octanol–water partition coefficient (Wildman–Crippen LogP) is 2.05. The number of nitrogens with zero attached hydrogens (tertiary/aromatic N) is 1. The van der Waals surface area contributed by atoms with Crippen LogP contribution >= 0.6 is 11.6 Å². The van der Waals surface area contributed by atoms with Gasteiger partial charge in [0, 0.05) is 23.8 Å². The van der Waals surface area contributed by atoms with Gasteiger partial charge in [0.2, 0.25) is 0 Å². The van der Waals surface area contributed by atoms with Gasteiger partial charge in [0.1, 0.15) is 0 Å². The van der Waals surface area contributed by atoms with Gasteiger partial charge in [0.05, 0.1) is 0 Å². The Kier molecular flexibility index (Phi) is 2.66. The molecule has 0 aromatic heterocycles. The first-order chi connectivity index (χ1) is 6.74. The first kappa shape index (κ1) is 9.81. The fourth-order valence-electron chi connectivity index (χ4n) is 2.14. The van der Waals surface area contributed by atoms with Gasteiger partial charge in [0.25, 0.3) is 0 Å². The van der Waals surface area contributed by atoms with Crippen molar-refractivity contribution in [3.05, 3.63) is 28.8 Å². The topological polar surface area (TPSA) is 29.3 Å². The molecule has 3 heteroatoms. The molecule has 2 nitrogen and oxygen atoms in total. The number of benzene rings is 1. The van der Waals surface area contributed by atoms with E-state index in [1.807, 2.05) is 12.1 Å². The number of hydrogen-bond donors (Lipinski definition) is 1. The molecule has 1 unspecified atom stereocenters. The molecule has 1 aliphatic rings. The van der Waals surface area contributed by atoms with Gasteiger partial charge >= 0.3 is 0 Å². The highest BCUT2D eigenvalue weighted by Gasteiger charge is 2.26. The lowest BCUT2D eigenvalue weighted by Gasteiger charge is -2.21. The van der Waals surface area contributed by atoms with E-state index in [9.17, 15) is 0 Å². The predicted molar refractivity (Wildman–Crippen MR) is 61.0 cm³/mol. The van der Waals surface area contributed by atoms with Crippen molar-refractivity contribution >= 4 is 17.3 Å². The Morgan fingerprint density at radius 3 is 3.00 bits per heavy atom. The maximum absolute atomic E-state index is 6.14. The molecule has 1 aliphatic heterocycles. The van der Waals surface area contributed by atoms with E-state index in [0.29, 0.717) is 6.04 Å². The normalized spacial score (nSPS) is 19.9. The van der Waals surface area contributed by atoms with E-state index in [1.165, 1.54) is 11.3 Å². The van der Waals surface area contributed by atoms with Crippen LogP contribution in [0.15, 0.2) is 18.2 Å². The Labute approximate surface area is 89.7 Å². The number of nitrogens with two attached hydrogens (primary N) is 1. The summed E-state index contributed by atoms with van der Waals surface area (Å²) in [6, 6.07) is 6.61. The lowest BCUT2D eigenvalue weighted by molar-refractivity contribution is 0.617. The Balaban J connectivity index is 2.30. The van der Waals surface area contributed by atoms with Crippen LogP contribution in [0.3, 0.4) is 0 Å². The average Bonchev–Trinajstić information content (AvgIpc) is 2.48. The minimum atomic E-state index is 0.523. The summed E-state index contributed by atoms with van der Waals surface area (Å²) in [6.07, 6.45) is 2.06. The van der Waals surface area contributed by atoms with Crippen molar-refractivity contribution < 1.29 is 0 Å². The van der Waals surface area contributed by atoms with Crippen LogP contribution in [-0.2, 0) is 6.42 Å². The molecule has 14 heavy (non-hydrogen) atoms. The molecule has 0 spiro atoms. The van der Waals surface area contributed by atoms with E-state index < -0.39 is 0 Å². The number of fused-ring (bicyclic) bond motifs is 1. The van der Waals surface area contributed by atoms with Crippen molar-refractivity contribution in [3.8, 4) is 0 Å². The van der Waals surface area contributed by atoms with Crippen LogP contribution in [0.25, 0.3) is 0 Å². The summed E-state index contributed by atoms with van der Waals surface area (Å²) < 4.78 is 0. The molecule has 0 saturated heterocycles. The van der Waals surface area contributed by atoms with Gasteiger partial charge < -0.3 is 10.6 Å². The highest BCUT2D eigenvalue weighted by Crippen LogP contribution is 2.36. The summed E-state index contributed by atoms with van der Waals surface area (Å²) in [5.74, 6) is 0. The molecule has 1 atom stereocenters. The maximum Gasteiger partial charge on any atom is 0.0459 e. The summed E-state index contributed by atoms with van der Waals surface area (Å²) in [4.78, 5) is 2.29. The lowest BCUT2D eigenvalue weighted by Crippen LogP contribution is -2.29. The fraction of sp³-hybridized carbons (Fsp3) is 0.455. The van der Waals surface area contributed by atoms with E-state index in [2.05, 4.69) is 18.0 Å². The van der Waals surface area contributed by atoms with Crippen LogP contribution in [0, 0.1) is 0 Å². The zero-order chi connectivity index (χ0) is 10.1. The summed E-state index contributed by atoms with van der Waals surface area (Å²) >= 11 is 6.14. The third-order valence-corrected chi connectivity index (χ3v) is 3.32. The molecular weight excluding hydrogens is 196 g/mol. The van der Waals surface area contributed by atoms with E-state index in [1.54, 1.807) is 0 Å². The highest BCUT2D eigenvalue weighted by atomic mass is 35.5. The number of hydrogen-bond acceptors (Lipinski definition) is 2. The van der Waals surface area contributed by atoms with Gasteiger partial charge in [-0.3, -0.25) is 0 Å². The molecule has 0 aliphatic carbocycles. The second-order valence-corrected chi connectivity index (χ2v) is 4.19. The molecule has 0 amide bonds. The van der Waals surface area contributed by atoms with E-state index >= 15 is 0 Å². The third-order valence-electron chi connectivity index (χ3n) is 2.96. The number of rotatable bonds is 2. The Hall–Kier alpha value is -0.730. The average molecular weight is 211 g/mol. The quantitative estimate of drug-likeness (QED) is 0.810. The molecule has 0 saturated carbocycles. The zero-order valence-electron chi connectivity index (χ0n) is 8.33. The van der Waals surface area contributed by atoms with Crippen LogP contribution in [-0.4, -0.2) is 19.6 Å². The van der Waals surface area contributed by atoms with E-state index in [0.717, 1.165) is 24.4 Å². The van der Waals surface area contributed by atoms with Crippen molar-refractivity contribution in [2.75, 3.05) is 18.5 Å². The van der Waals surface area contributed by atoms with Crippen LogP contribution in [0.4, 0.5) is 5.69 Å². The molecule has 76 valence electrons. The number of halogens is 1. The van der Waals surface area contributed by atoms with Gasteiger partial charge in [-0.15, -0.1) is 0 Å². The summed E-state index contributed by atoms with van der Waals surface area (Å²) in [5.41, 5.74) is 8.12. The first-order valence-electron chi connectivity index (χ1n) is 4.94. The van der Waals surface area contributed by atoms with Crippen LogP contribution in [0.5, 0.6) is 0 Å². The van der Waals surface area contributed by atoms with Gasteiger partial charge in [0.15, 0.2) is 0 Å². The highest BCUT2D eigenvalue weighted by molar-refractivity contribution is 6.31. The van der Waals surface area contributed by atoms with Crippen LogP contribution in [0.2, 0.25) is 5.02 Å². The smallest absolute Gasteiger partial charge is 0.0459 e. The summed E-state index contributed by atoms with van der Waals surface area (Å²) in [5, 5.41) is 0.883. The SMILES string of the molecule is CN1c2cccc(Cl)c2CC1CCN. The molecule has 0 fully saturated rings. The molecule has 2 N–H and O–H groups in total. The first-order valence-corrected chi connectivity index (χ1v) is 5.32. The Morgan fingerprint density at radius 2 is 2.36 bits per heavy atom. The van der Waals surface area contributed by atoms with E-state index in [-0.39, 0.29) is 0 Å². The van der Waals surface area contributed by atoms with Gasteiger partial charge in [-0.2, -0.15) is 0 Å². The number of likely N-dealkylation sites (N-methyl/N-ethyl adjacent to an activating group) is 1. The van der Waals surface area contributed by atoms with Gasteiger partial charge in [-0.1, -0.05) is 17.7 Å². The minimum Gasteiger partial charge on any atom is -0.371 e. The Morgan fingerprint density at radius 1 is 1.57 bits per heavy atom. The molecule has 0 radical (unpaired) electrons. The van der Waals surface area contributed by atoms with Crippen LogP contribution in [0.1, 0.15) is 12.0 Å². The second kappa shape index (κ2) is 3.79. The fourth-order valence-corrected chi connectivity index (χ4v) is 2.38. The van der Waals surface area contributed by atoms with Crippen LogP contribution < -0.4 is 10.6 Å². The van der Waals surface area contributed by atoms with Crippen molar-refractivity contribution in [2.45, 2.75) is 18.9 Å². The standard InChI is InChI=1S/C11H15ClN2/c1-14-8(5-6-13)7-9-10(12)3-2-4-11(9)14/h2-4,8H,5-7,13H2,1H3. The third kappa shape index (κ3) is 1.49. The van der Waals surface area contributed by atoms with Crippen molar-refractivity contribution in [3.63, 3.8) is 0 Å². The molecule has 2 rings (SSSR count). The zero-order valence-corrected chi connectivity index (χ0v) is 9.09. The molecular formula is C11H15ClN2. The largest absolute Gasteiger partial charge is 0.371 e. The monoisotopic (exact) mass is 210 g/mol. The Bertz CT molecular complexity index is 338. The number of anilines is 1. The van der Waals surface area contributed by atoms with Gasteiger partial charge in [-0.25, -0.2) is 0 Å². The van der Waals surface area contributed by atoms with E-state index in [4.69, 9.17) is 17.3 Å². The summed E-state index contributed by atoms with van der Waals surface area (Å²) in [7, 11) is 2.11. The van der Waals surface area contributed by atoms with Crippen molar-refractivity contribution in [1.29, 1.82) is 0 Å². The lowest BCUT2D eigenvalue weighted by atomic mass is 10.1. The van der Waals surface area contributed by atoms with Crippen molar-refractivity contribution in [2.24, 2.45) is 5.73 Å². The van der Waals surface area contributed by atoms with Gasteiger partial charge in [-0.05, 0) is 37.1 Å². The molecule has 0 bridgehead atoms. The summed E-state index contributed by atoms with van der Waals surface area (Å²) in [6.45, 7) is 0.737. The minimum absolute atomic E-state index is 0.523. The second-order valence-electron chi connectivity index (χ2n) is 3.78. The molecule has 1 aromatic carbocycles. The van der Waals surface area contributed by atoms with Crippen molar-refractivity contribution in [1.82, 2.24) is 0 Å². The molecule has 1 aromatic rings. The molecule has 1 heterocycles. The maximum atomic E-state index is 6.14.